The minimum atomic E-state index is 0.341. The number of nitrogens with two attached hydrogens (primary N) is 1. The van der Waals surface area contributed by atoms with Gasteiger partial charge in [-0.3, -0.25) is 0 Å². The van der Waals surface area contributed by atoms with Crippen molar-refractivity contribution in [3.63, 3.8) is 0 Å². The average molecular weight is 259 g/mol. The van der Waals surface area contributed by atoms with Gasteiger partial charge in [0.1, 0.15) is 0 Å². The summed E-state index contributed by atoms with van der Waals surface area (Å²) in [6.45, 7) is 6.44. The van der Waals surface area contributed by atoms with Gasteiger partial charge in [-0.25, -0.2) is 0 Å². The van der Waals surface area contributed by atoms with Crippen LogP contribution in [0.5, 0.6) is 0 Å². The fourth-order valence-corrected chi connectivity index (χ4v) is 2.03. The smallest absolute Gasteiger partial charge is 0.227 e. The van der Waals surface area contributed by atoms with Crippen molar-refractivity contribution in [3.05, 3.63) is 41.5 Å². The molecular formula is C15H21N3O. The van der Waals surface area contributed by atoms with Crippen LogP contribution in [0.1, 0.15) is 44.0 Å². The van der Waals surface area contributed by atoms with Gasteiger partial charge >= 0.3 is 0 Å². The van der Waals surface area contributed by atoms with E-state index in [-0.39, 0.29) is 0 Å². The first kappa shape index (κ1) is 13.6. The summed E-state index contributed by atoms with van der Waals surface area (Å²) < 4.78 is 5.30. The molecule has 0 saturated heterocycles. The highest BCUT2D eigenvalue weighted by atomic mass is 16.5. The predicted molar refractivity (Wildman–Crippen MR) is 75.8 cm³/mol. The van der Waals surface area contributed by atoms with Crippen LogP contribution in [0.25, 0.3) is 0 Å². The molecule has 0 radical (unpaired) electrons. The van der Waals surface area contributed by atoms with Crippen LogP contribution in [0.15, 0.2) is 28.8 Å². The quantitative estimate of drug-likeness (QED) is 0.837. The van der Waals surface area contributed by atoms with Gasteiger partial charge in [0.05, 0.1) is 0 Å². The Bertz CT molecular complexity index is 516. The number of benzene rings is 1. The van der Waals surface area contributed by atoms with Crippen molar-refractivity contribution in [2.75, 3.05) is 5.73 Å². The van der Waals surface area contributed by atoms with E-state index < -0.39 is 0 Å². The van der Waals surface area contributed by atoms with E-state index in [1.807, 2.05) is 24.3 Å². The Hall–Kier alpha value is -1.84. The van der Waals surface area contributed by atoms with E-state index in [0.717, 1.165) is 24.4 Å². The summed E-state index contributed by atoms with van der Waals surface area (Å²) in [7, 11) is 0. The highest BCUT2D eigenvalue weighted by Gasteiger charge is 2.13. The average Bonchev–Trinajstić information content (AvgIpc) is 2.76. The van der Waals surface area contributed by atoms with Gasteiger partial charge in [0.2, 0.25) is 5.89 Å². The first-order chi connectivity index (χ1) is 9.04. The number of hydrogen-bond donors (Lipinski definition) is 1. The number of nitrogens with zero attached hydrogens (tertiary/aromatic N) is 2. The molecule has 0 saturated carbocycles. The lowest BCUT2D eigenvalue weighted by Crippen LogP contribution is -2.00. The molecule has 2 aromatic rings. The van der Waals surface area contributed by atoms with Crippen LogP contribution in [0.2, 0.25) is 0 Å². The van der Waals surface area contributed by atoms with Gasteiger partial charge in [0.25, 0.3) is 0 Å². The van der Waals surface area contributed by atoms with E-state index in [1.54, 1.807) is 0 Å². The van der Waals surface area contributed by atoms with Gasteiger partial charge in [0, 0.05) is 18.5 Å². The van der Waals surface area contributed by atoms with Crippen molar-refractivity contribution < 1.29 is 4.52 Å². The van der Waals surface area contributed by atoms with Gasteiger partial charge in [-0.05, 0) is 29.5 Å². The Morgan fingerprint density at radius 1 is 1.11 bits per heavy atom. The first-order valence-corrected chi connectivity index (χ1v) is 6.71. The molecule has 0 bridgehead atoms. The van der Waals surface area contributed by atoms with Crippen LogP contribution in [-0.2, 0) is 12.8 Å². The first-order valence-electron chi connectivity index (χ1n) is 6.71. The summed E-state index contributed by atoms with van der Waals surface area (Å²) in [5.41, 5.74) is 7.71. The second-order valence-electron chi connectivity index (χ2n) is 5.47. The summed E-state index contributed by atoms with van der Waals surface area (Å²) in [5, 5.41) is 4.01. The third kappa shape index (κ3) is 3.81. The molecule has 19 heavy (non-hydrogen) atoms. The molecule has 102 valence electrons. The Balaban J connectivity index is 2.00. The Kier molecular flexibility index (Phi) is 4.20. The summed E-state index contributed by atoms with van der Waals surface area (Å²) in [6, 6.07) is 7.93. The van der Waals surface area contributed by atoms with Crippen LogP contribution in [0.3, 0.4) is 0 Å². The lowest BCUT2D eigenvalue weighted by atomic mass is 9.97. The van der Waals surface area contributed by atoms with E-state index in [2.05, 4.69) is 30.9 Å². The van der Waals surface area contributed by atoms with Crippen LogP contribution < -0.4 is 5.73 Å². The lowest BCUT2D eigenvalue weighted by Gasteiger charge is -2.09. The Morgan fingerprint density at radius 3 is 2.42 bits per heavy atom. The number of anilines is 1. The summed E-state index contributed by atoms with van der Waals surface area (Å²) >= 11 is 0. The molecular weight excluding hydrogens is 238 g/mol. The molecule has 2 rings (SSSR count). The molecule has 0 amide bonds. The van der Waals surface area contributed by atoms with Crippen molar-refractivity contribution in [2.24, 2.45) is 5.92 Å². The fraction of sp³-hybridized carbons (Fsp3) is 0.467. The SMILES string of the molecule is CC(C)Cc1noc(CC(C)c2ccc(N)cc2)n1. The maximum Gasteiger partial charge on any atom is 0.227 e. The van der Waals surface area contributed by atoms with Gasteiger partial charge in [0.15, 0.2) is 5.82 Å². The summed E-state index contributed by atoms with van der Waals surface area (Å²) in [5.74, 6) is 2.39. The summed E-state index contributed by atoms with van der Waals surface area (Å²) in [4.78, 5) is 4.43. The van der Waals surface area contributed by atoms with Crippen molar-refractivity contribution >= 4 is 5.69 Å². The number of hydrogen-bond acceptors (Lipinski definition) is 4. The van der Waals surface area contributed by atoms with Crippen molar-refractivity contribution in [3.8, 4) is 0 Å². The standard InChI is InChI=1S/C15H21N3O/c1-10(2)8-14-17-15(19-18-14)9-11(3)12-4-6-13(16)7-5-12/h4-7,10-11H,8-9,16H2,1-3H3. The molecule has 0 aliphatic carbocycles. The molecule has 1 aromatic carbocycles. The number of aromatic nitrogens is 2. The highest BCUT2D eigenvalue weighted by molar-refractivity contribution is 5.40. The zero-order chi connectivity index (χ0) is 13.8. The Morgan fingerprint density at radius 2 is 1.79 bits per heavy atom. The van der Waals surface area contributed by atoms with Crippen molar-refractivity contribution in [1.82, 2.24) is 10.1 Å². The van der Waals surface area contributed by atoms with Crippen LogP contribution >= 0.6 is 0 Å². The topological polar surface area (TPSA) is 64.9 Å². The van der Waals surface area contributed by atoms with Crippen LogP contribution in [-0.4, -0.2) is 10.1 Å². The normalized spacial score (nSPS) is 12.8. The number of rotatable bonds is 5. The second-order valence-corrected chi connectivity index (χ2v) is 5.47. The molecule has 0 aliphatic rings. The molecule has 4 heteroatoms. The maximum atomic E-state index is 5.69. The third-order valence-electron chi connectivity index (χ3n) is 3.09. The molecule has 4 nitrogen and oxygen atoms in total. The van der Waals surface area contributed by atoms with E-state index in [0.29, 0.717) is 17.7 Å². The molecule has 0 spiro atoms. The minimum Gasteiger partial charge on any atom is -0.399 e. The van der Waals surface area contributed by atoms with Gasteiger partial charge < -0.3 is 10.3 Å². The molecule has 0 aliphatic heterocycles. The molecule has 1 atom stereocenters. The second kappa shape index (κ2) is 5.87. The predicted octanol–water partition coefficient (Wildman–Crippen LogP) is 3.20. The van der Waals surface area contributed by atoms with Gasteiger partial charge in [-0.2, -0.15) is 4.98 Å². The monoisotopic (exact) mass is 259 g/mol. The molecule has 1 unspecified atom stereocenters. The summed E-state index contributed by atoms with van der Waals surface area (Å²) in [6.07, 6.45) is 1.62. The Labute approximate surface area is 114 Å². The fourth-order valence-electron chi connectivity index (χ4n) is 2.03. The van der Waals surface area contributed by atoms with Gasteiger partial charge in [-0.1, -0.05) is 38.1 Å². The van der Waals surface area contributed by atoms with E-state index >= 15 is 0 Å². The van der Waals surface area contributed by atoms with Gasteiger partial charge in [-0.15, -0.1) is 0 Å². The molecule has 1 aromatic heterocycles. The van der Waals surface area contributed by atoms with Crippen LogP contribution in [0.4, 0.5) is 5.69 Å². The molecule has 2 N–H and O–H groups in total. The molecule has 1 heterocycles. The van der Waals surface area contributed by atoms with Crippen molar-refractivity contribution in [1.29, 1.82) is 0 Å². The largest absolute Gasteiger partial charge is 0.399 e. The molecule has 0 fully saturated rings. The number of nitrogen functional groups attached to an aromatic ring is 1. The zero-order valence-corrected chi connectivity index (χ0v) is 11.8. The van der Waals surface area contributed by atoms with Crippen LogP contribution in [0, 0.1) is 5.92 Å². The highest BCUT2D eigenvalue weighted by Crippen LogP contribution is 2.20. The lowest BCUT2D eigenvalue weighted by molar-refractivity contribution is 0.364. The van der Waals surface area contributed by atoms with Crippen molar-refractivity contribution in [2.45, 2.75) is 39.5 Å². The van der Waals surface area contributed by atoms with E-state index in [1.165, 1.54) is 5.56 Å². The third-order valence-corrected chi connectivity index (χ3v) is 3.09. The maximum absolute atomic E-state index is 5.69. The van der Waals surface area contributed by atoms with E-state index in [4.69, 9.17) is 10.3 Å². The zero-order valence-electron chi connectivity index (χ0n) is 11.8. The minimum absolute atomic E-state index is 0.341. The van der Waals surface area contributed by atoms with E-state index in [9.17, 15) is 0 Å².